The van der Waals surface area contributed by atoms with Crippen LogP contribution in [0, 0.1) is 6.92 Å². The smallest absolute Gasteiger partial charge is 0.335 e. The van der Waals surface area contributed by atoms with Crippen molar-refractivity contribution < 1.29 is 14.6 Å². The number of methoxy groups -OCH3 is 1. The van der Waals surface area contributed by atoms with Crippen LogP contribution < -0.4 is 10.1 Å². The largest absolute Gasteiger partial charge is 0.495 e. The highest BCUT2D eigenvalue weighted by atomic mass is 79.9. The Labute approximate surface area is 131 Å². The van der Waals surface area contributed by atoms with Crippen molar-refractivity contribution in [3.63, 3.8) is 0 Å². The molecule has 0 unspecified atom stereocenters. The van der Waals surface area contributed by atoms with Crippen molar-refractivity contribution in [2.45, 2.75) is 13.5 Å². The normalized spacial score (nSPS) is 10.2. The average Bonchev–Trinajstić information content (AvgIpc) is 2.46. The van der Waals surface area contributed by atoms with Gasteiger partial charge >= 0.3 is 5.97 Å². The number of halogens is 1. The van der Waals surface area contributed by atoms with Crippen molar-refractivity contribution in [1.82, 2.24) is 0 Å². The maximum absolute atomic E-state index is 11.0. The minimum absolute atomic E-state index is 0.223. The van der Waals surface area contributed by atoms with Gasteiger partial charge in [0.25, 0.3) is 0 Å². The molecule has 110 valence electrons. The molecule has 2 aromatic carbocycles. The second-order valence-electron chi connectivity index (χ2n) is 4.67. The van der Waals surface area contributed by atoms with Gasteiger partial charge in [-0.1, -0.05) is 28.1 Å². The summed E-state index contributed by atoms with van der Waals surface area (Å²) in [7, 11) is 1.56. The van der Waals surface area contributed by atoms with Crippen LogP contribution in [0.4, 0.5) is 5.69 Å². The fourth-order valence-electron chi connectivity index (χ4n) is 1.97. The Hall–Kier alpha value is -2.01. The molecular formula is C16H16BrNO3. The number of carboxylic acids is 1. The predicted molar refractivity (Wildman–Crippen MR) is 86.2 cm³/mol. The quantitative estimate of drug-likeness (QED) is 0.853. The van der Waals surface area contributed by atoms with Crippen LogP contribution in [0.2, 0.25) is 0 Å². The molecule has 0 atom stereocenters. The van der Waals surface area contributed by atoms with Crippen LogP contribution in [0.1, 0.15) is 21.5 Å². The van der Waals surface area contributed by atoms with Crippen LogP contribution in [0.15, 0.2) is 40.9 Å². The highest BCUT2D eigenvalue weighted by Gasteiger charge is 2.09. The zero-order valence-corrected chi connectivity index (χ0v) is 13.4. The lowest BCUT2D eigenvalue weighted by Gasteiger charge is -2.13. The van der Waals surface area contributed by atoms with Crippen molar-refractivity contribution in [2.24, 2.45) is 0 Å². The van der Waals surface area contributed by atoms with Crippen LogP contribution >= 0.6 is 15.9 Å². The van der Waals surface area contributed by atoms with Gasteiger partial charge in [0, 0.05) is 11.0 Å². The molecule has 0 saturated heterocycles. The molecule has 2 aromatic rings. The Morgan fingerprint density at radius 2 is 2.05 bits per heavy atom. The fraction of sp³-hybridized carbons (Fsp3) is 0.188. The summed E-state index contributed by atoms with van der Waals surface area (Å²) >= 11 is 3.53. The second kappa shape index (κ2) is 6.63. The summed E-state index contributed by atoms with van der Waals surface area (Å²) in [4.78, 5) is 11.0. The number of nitrogens with one attached hydrogen (secondary N) is 1. The number of aryl methyl sites for hydroxylation is 1. The summed E-state index contributed by atoms with van der Waals surface area (Å²) in [5.41, 5.74) is 3.14. The van der Waals surface area contributed by atoms with Gasteiger partial charge in [0.05, 0.1) is 18.4 Å². The van der Waals surface area contributed by atoms with Gasteiger partial charge < -0.3 is 15.2 Å². The molecule has 0 spiro atoms. The van der Waals surface area contributed by atoms with Gasteiger partial charge in [0.15, 0.2) is 0 Å². The molecule has 0 aliphatic rings. The Morgan fingerprint density at radius 3 is 2.67 bits per heavy atom. The molecule has 4 nitrogen and oxygen atoms in total. The Kier molecular flexibility index (Phi) is 4.85. The Morgan fingerprint density at radius 1 is 1.29 bits per heavy atom. The van der Waals surface area contributed by atoms with Gasteiger partial charge in [-0.2, -0.15) is 0 Å². The molecule has 2 rings (SSSR count). The minimum atomic E-state index is -0.961. The van der Waals surface area contributed by atoms with Gasteiger partial charge in [-0.15, -0.1) is 0 Å². The van der Waals surface area contributed by atoms with E-state index in [9.17, 15) is 4.79 Å². The Balaban J connectivity index is 2.22. The number of carbonyl (C=O) groups is 1. The second-order valence-corrected chi connectivity index (χ2v) is 5.52. The summed E-state index contributed by atoms with van der Waals surface area (Å²) in [5.74, 6) is -0.347. The van der Waals surface area contributed by atoms with Gasteiger partial charge in [0.2, 0.25) is 0 Å². The van der Waals surface area contributed by atoms with Crippen molar-refractivity contribution >= 4 is 27.6 Å². The van der Waals surface area contributed by atoms with Crippen LogP contribution in [0.3, 0.4) is 0 Å². The van der Waals surface area contributed by atoms with Gasteiger partial charge in [0.1, 0.15) is 5.75 Å². The lowest BCUT2D eigenvalue weighted by molar-refractivity contribution is 0.0697. The number of rotatable bonds is 5. The van der Waals surface area contributed by atoms with Crippen molar-refractivity contribution in [3.05, 3.63) is 57.6 Å². The lowest BCUT2D eigenvalue weighted by Crippen LogP contribution is -2.04. The molecule has 0 aliphatic carbocycles. The first kappa shape index (κ1) is 15.4. The first-order valence-electron chi connectivity index (χ1n) is 6.41. The topological polar surface area (TPSA) is 58.6 Å². The summed E-state index contributed by atoms with van der Waals surface area (Å²) in [6, 6.07) is 10.8. The van der Waals surface area contributed by atoms with E-state index in [0.717, 1.165) is 10.0 Å². The highest BCUT2D eigenvalue weighted by Crippen LogP contribution is 2.27. The molecule has 0 heterocycles. The zero-order valence-electron chi connectivity index (χ0n) is 11.8. The molecule has 0 saturated carbocycles. The lowest BCUT2D eigenvalue weighted by atomic mass is 10.1. The van der Waals surface area contributed by atoms with E-state index in [1.54, 1.807) is 19.2 Å². The number of aromatic carboxylic acids is 1. The third-order valence-electron chi connectivity index (χ3n) is 3.12. The van der Waals surface area contributed by atoms with E-state index in [-0.39, 0.29) is 5.56 Å². The van der Waals surface area contributed by atoms with Gasteiger partial charge in [-0.3, -0.25) is 0 Å². The van der Waals surface area contributed by atoms with Crippen molar-refractivity contribution in [2.75, 3.05) is 12.4 Å². The zero-order chi connectivity index (χ0) is 15.4. The van der Waals surface area contributed by atoms with Gasteiger partial charge in [-0.25, -0.2) is 4.79 Å². The molecule has 0 amide bonds. The fourth-order valence-corrected chi connectivity index (χ4v) is 2.60. The molecule has 0 aromatic heterocycles. The monoisotopic (exact) mass is 349 g/mol. The Bertz CT molecular complexity index is 671. The number of anilines is 1. The molecular weight excluding hydrogens is 334 g/mol. The number of hydrogen-bond donors (Lipinski definition) is 2. The van der Waals surface area contributed by atoms with E-state index in [1.807, 2.05) is 25.1 Å². The standard InChI is InChI=1S/C16H16BrNO3/c1-10-3-4-12(13(17)7-10)9-18-14-8-11(16(19)20)5-6-15(14)21-2/h3-8,18H,9H2,1-2H3,(H,19,20). The van der Waals surface area contributed by atoms with E-state index in [2.05, 4.69) is 21.2 Å². The van der Waals surface area contributed by atoms with Crippen LogP contribution in [0.5, 0.6) is 5.75 Å². The maximum atomic E-state index is 11.0. The first-order valence-corrected chi connectivity index (χ1v) is 7.21. The molecule has 2 N–H and O–H groups in total. The van der Waals surface area contributed by atoms with Gasteiger partial charge in [-0.05, 0) is 42.3 Å². The predicted octanol–water partition coefficient (Wildman–Crippen LogP) is 4.08. The molecule has 0 aliphatic heterocycles. The van der Waals surface area contributed by atoms with Crippen LogP contribution in [-0.2, 0) is 6.54 Å². The number of carboxylic acid groups (broad SMARTS) is 1. The minimum Gasteiger partial charge on any atom is -0.495 e. The van der Waals surface area contributed by atoms with E-state index in [1.165, 1.54) is 11.6 Å². The van der Waals surface area contributed by atoms with Crippen molar-refractivity contribution in [3.8, 4) is 5.75 Å². The number of benzene rings is 2. The van der Waals surface area contributed by atoms with E-state index < -0.39 is 5.97 Å². The highest BCUT2D eigenvalue weighted by molar-refractivity contribution is 9.10. The molecule has 0 bridgehead atoms. The first-order chi connectivity index (χ1) is 10.0. The summed E-state index contributed by atoms with van der Waals surface area (Å²) in [6.45, 7) is 2.60. The van der Waals surface area contributed by atoms with Crippen LogP contribution in [-0.4, -0.2) is 18.2 Å². The third kappa shape index (κ3) is 3.76. The third-order valence-corrected chi connectivity index (χ3v) is 3.86. The summed E-state index contributed by atoms with van der Waals surface area (Å²) < 4.78 is 6.27. The molecule has 0 radical (unpaired) electrons. The summed E-state index contributed by atoms with van der Waals surface area (Å²) in [5, 5.41) is 12.3. The SMILES string of the molecule is COc1ccc(C(=O)O)cc1NCc1ccc(C)cc1Br. The van der Waals surface area contributed by atoms with E-state index >= 15 is 0 Å². The van der Waals surface area contributed by atoms with E-state index in [0.29, 0.717) is 18.0 Å². The van der Waals surface area contributed by atoms with Crippen molar-refractivity contribution in [1.29, 1.82) is 0 Å². The number of hydrogen-bond acceptors (Lipinski definition) is 3. The van der Waals surface area contributed by atoms with E-state index in [4.69, 9.17) is 9.84 Å². The number of ether oxygens (including phenoxy) is 1. The molecule has 21 heavy (non-hydrogen) atoms. The maximum Gasteiger partial charge on any atom is 0.335 e. The average molecular weight is 350 g/mol. The van der Waals surface area contributed by atoms with Crippen LogP contribution in [0.25, 0.3) is 0 Å². The molecule has 0 fully saturated rings. The summed E-state index contributed by atoms with van der Waals surface area (Å²) in [6.07, 6.45) is 0. The molecule has 5 heteroatoms.